The van der Waals surface area contributed by atoms with Gasteiger partial charge in [-0.3, -0.25) is 9.32 Å². The van der Waals surface area contributed by atoms with Gasteiger partial charge in [0.05, 0.1) is 23.1 Å². The lowest BCUT2D eigenvalue weighted by molar-refractivity contribution is -0.149. The summed E-state index contributed by atoms with van der Waals surface area (Å²) < 4.78 is 37.3. The van der Waals surface area contributed by atoms with Crippen LogP contribution in [0.15, 0.2) is 42.9 Å². The summed E-state index contributed by atoms with van der Waals surface area (Å²) in [5.74, 6) is -0.308. The molecule has 1 aromatic carbocycles. The van der Waals surface area contributed by atoms with E-state index >= 15 is 0 Å². The lowest BCUT2D eigenvalue weighted by atomic mass is 10.1. The maximum atomic E-state index is 13.7. The van der Waals surface area contributed by atoms with Crippen LogP contribution >= 0.6 is 19.3 Å². The number of aliphatic hydroxyl groups is 2. The summed E-state index contributed by atoms with van der Waals surface area (Å²) in [7, 11) is -4.22. The zero-order valence-corrected chi connectivity index (χ0v) is 22.5. The Hall–Kier alpha value is -2.77. The highest BCUT2D eigenvalue weighted by Gasteiger charge is 2.46. The first kappa shape index (κ1) is 28.2. The summed E-state index contributed by atoms with van der Waals surface area (Å²) >= 11 is 6.28. The van der Waals surface area contributed by atoms with E-state index < -0.39 is 50.9 Å². The number of nitrogens with one attached hydrogen (secondary N) is 1. The average molecular weight is 570 g/mol. The van der Waals surface area contributed by atoms with Gasteiger partial charge in [0.25, 0.3) is 0 Å². The van der Waals surface area contributed by atoms with E-state index in [1.807, 2.05) is 0 Å². The minimum Gasteiger partial charge on any atom is -0.462 e. The second-order valence-electron chi connectivity index (χ2n) is 8.92. The first-order valence-corrected chi connectivity index (χ1v) is 13.7. The molecule has 0 spiro atoms. The van der Waals surface area contributed by atoms with Crippen molar-refractivity contribution in [1.29, 1.82) is 0 Å². The fraction of sp³-hybridized carbons (Fsp3) is 0.435. The summed E-state index contributed by atoms with van der Waals surface area (Å²) in [6.07, 6.45) is -2.83. The molecule has 2 aromatic heterocycles. The van der Waals surface area contributed by atoms with E-state index in [9.17, 15) is 19.6 Å². The predicted molar refractivity (Wildman–Crippen MR) is 137 cm³/mol. The number of fused-ring (bicyclic) bond motifs is 1. The molecule has 3 aromatic rings. The number of anilines is 1. The first-order chi connectivity index (χ1) is 18.0. The van der Waals surface area contributed by atoms with Gasteiger partial charge in [0.15, 0.2) is 6.23 Å². The number of halogens is 1. The van der Waals surface area contributed by atoms with Crippen LogP contribution in [0.3, 0.4) is 0 Å². The molecule has 0 amide bonds. The van der Waals surface area contributed by atoms with E-state index in [4.69, 9.17) is 35.9 Å². The van der Waals surface area contributed by atoms with Gasteiger partial charge in [0.1, 0.15) is 47.9 Å². The SMILES string of the molecule is CC(C)OC(=O)[C@@H](C)NP(=O)(OC[C@H]1O[C@@H](n2cc(Cl)c3c(N)ncnc32)[C@H](O)[C@@H]1O)Oc1ccccc1. The number of nitrogen functional groups attached to an aromatic ring is 1. The van der Waals surface area contributed by atoms with Crippen molar-refractivity contribution in [1.82, 2.24) is 19.6 Å². The molecule has 6 atom stereocenters. The van der Waals surface area contributed by atoms with Gasteiger partial charge in [0, 0.05) is 6.20 Å². The van der Waals surface area contributed by atoms with E-state index in [1.54, 1.807) is 44.2 Å². The van der Waals surface area contributed by atoms with Crippen molar-refractivity contribution in [3.05, 3.63) is 47.9 Å². The third kappa shape index (κ3) is 6.10. The molecule has 13 nitrogen and oxygen atoms in total. The van der Waals surface area contributed by atoms with Crippen LogP contribution in [0.1, 0.15) is 27.0 Å². The van der Waals surface area contributed by atoms with E-state index in [0.29, 0.717) is 5.39 Å². The Labute approximate surface area is 223 Å². The summed E-state index contributed by atoms with van der Waals surface area (Å²) in [5.41, 5.74) is 6.19. The van der Waals surface area contributed by atoms with Crippen LogP contribution in [0.4, 0.5) is 5.82 Å². The number of nitrogens with zero attached hydrogens (tertiary/aromatic N) is 3. The number of benzene rings is 1. The maximum absolute atomic E-state index is 13.7. The number of para-hydroxylation sites is 1. The van der Waals surface area contributed by atoms with Gasteiger partial charge in [-0.1, -0.05) is 29.8 Å². The number of hydrogen-bond donors (Lipinski definition) is 4. The lowest BCUT2D eigenvalue weighted by Gasteiger charge is -2.25. The Morgan fingerprint density at radius 3 is 2.63 bits per heavy atom. The highest BCUT2D eigenvalue weighted by atomic mass is 35.5. The molecule has 1 fully saturated rings. The Morgan fingerprint density at radius 2 is 1.95 bits per heavy atom. The number of hydrogen-bond acceptors (Lipinski definition) is 11. The average Bonchev–Trinajstić information content (AvgIpc) is 3.34. The standard InChI is InChI=1S/C23H29ClN5O8P/c1-12(2)35-23(32)13(3)28-38(33,37-14-7-5-4-6-8-14)34-10-16-18(30)19(31)22(36-16)29-9-15(24)17-20(25)26-11-27-21(17)29/h4-9,11-13,16,18-19,22,30-31H,10H2,1-3H3,(H,28,33)(H2,25,26,27)/t13-,16-,18-,19-,22-,38?/m1/s1. The highest BCUT2D eigenvalue weighted by molar-refractivity contribution is 7.52. The van der Waals surface area contributed by atoms with Crippen LogP contribution in [-0.2, 0) is 23.4 Å². The largest absolute Gasteiger partial charge is 0.462 e. The maximum Gasteiger partial charge on any atom is 0.459 e. The number of carbonyl (C=O) groups is 1. The first-order valence-electron chi connectivity index (χ1n) is 11.7. The zero-order chi connectivity index (χ0) is 27.6. The number of nitrogens with two attached hydrogens (primary N) is 1. The lowest BCUT2D eigenvalue weighted by Crippen LogP contribution is -2.38. The van der Waals surface area contributed by atoms with Crippen LogP contribution in [-0.4, -0.2) is 67.8 Å². The number of aliphatic hydroxyl groups excluding tert-OH is 2. The summed E-state index contributed by atoms with van der Waals surface area (Å²) in [6.45, 7) is 4.35. The molecule has 0 radical (unpaired) electrons. The fourth-order valence-electron chi connectivity index (χ4n) is 3.86. The quantitative estimate of drug-likeness (QED) is 0.207. The third-order valence-electron chi connectivity index (χ3n) is 5.64. The van der Waals surface area contributed by atoms with Crippen molar-refractivity contribution >= 4 is 42.2 Å². The number of ether oxygens (including phenoxy) is 2. The fourth-order valence-corrected chi connectivity index (χ4v) is 5.65. The van der Waals surface area contributed by atoms with Crippen LogP contribution in [0.25, 0.3) is 11.0 Å². The monoisotopic (exact) mass is 569 g/mol. The molecule has 1 unspecified atom stereocenters. The normalized spacial score (nSPS) is 23.9. The smallest absolute Gasteiger partial charge is 0.459 e. The van der Waals surface area contributed by atoms with Gasteiger partial charge >= 0.3 is 13.7 Å². The molecule has 0 bridgehead atoms. The van der Waals surface area contributed by atoms with E-state index in [2.05, 4.69) is 15.1 Å². The molecule has 1 saturated heterocycles. The van der Waals surface area contributed by atoms with Crippen LogP contribution in [0.5, 0.6) is 5.75 Å². The Morgan fingerprint density at radius 1 is 1.24 bits per heavy atom. The van der Waals surface area contributed by atoms with Crippen molar-refractivity contribution in [3.8, 4) is 5.75 Å². The molecular formula is C23H29ClN5O8P. The minimum absolute atomic E-state index is 0.141. The number of rotatable bonds is 10. The second-order valence-corrected chi connectivity index (χ2v) is 11.0. The molecule has 15 heteroatoms. The van der Waals surface area contributed by atoms with Crippen molar-refractivity contribution in [2.45, 2.75) is 57.5 Å². The summed E-state index contributed by atoms with van der Waals surface area (Å²) in [4.78, 5) is 20.4. The molecular weight excluding hydrogens is 541 g/mol. The zero-order valence-electron chi connectivity index (χ0n) is 20.8. The number of aromatic nitrogens is 3. The van der Waals surface area contributed by atoms with E-state index in [0.717, 1.165) is 0 Å². The Kier molecular flexibility index (Phi) is 8.58. The Bertz CT molecular complexity index is 1330. The van der Waals surface area contributed by atoms with E-state index in [1.165, 1.54) is 24.0 Å². The Balaban J connectivity index is 1.52. The van der Waals surface area contributed by atoms with E-state index in [-0.39, 0.29) is 28.3 Å². The number of esters is 1. The number of carbonyl (C=O) groups excluding carboxylic acids is 1. The van der Waals surface area contributed by atoms with Crippen molar-refractivity contribution in [2.75, 3.05) is 12.3 Å². The molecule has 3 heterocycles. The van der Waals surface area contributed by atoms with Crippen LogP contribution in [0, 0.1) is 0 Å². The molecule has 0 aliphatic carbocycles. The molecule has 5 N–H and O–H groups in total. The summed E-state index contributed by atoms with van der Waals surface area (Å²) in [5, 5.41) is 24.6. The van der Waals surface area contributed by atoms with Crippen molar-refractivity contribution in [3.63, 3.8) is 0 Å². The van der Waals surface area contributed by atoms with Gasteiger partial charge in [0.2, 0.25) is 0 Å². The van der Waals surface area contributed by atoms with Crippen LogP contribution < -0.4 is 15.3 Å². The van der Waals surface area contributed by atoms with Gasteiger partial charge in [-0.15, -0.1) is 0 Å². The van der Waals surface area contributed by atoms with Crippen molar-refractivity contribution < 1.29 is 38.1 Å². The topological polar surface area (TPSA) is 180 Å². The van der Waals surface area contributed by atoms with Crippen molar-refractivity contribution in [2.24, 2.45) is 0 Å². The predicted octanol–water partition coefficient (Wildman–Crippen LogP) is 2.42. The van der Waals surface area contributed by atoms with Gasteiger partial charge in [-0.05, 0) is 32.9 Å². The van der Waals surface area contributed by atoms with Gasteiger partial charge in [-0.2, -0.15) is 5.09 Å². The molecule has 4 rings (SSSR count). The molecule has 1 aliphatic rings. The minimum atomic E-state index is -4.22. The second kappa shape index (κ2) is 11.5. The van der Waals surface area contributed by atoms with Crippen LogP contribution in [0.2, 0.25) is 5.02 Å². The molecule has 0 saturated carbocycles. The van der Waals surface area contributed by atoms with Gasteiger partial charge < -0.3 is 34.5 Å². The highest BCUT2D eigenvalue weighted by Crippen LogP contribution is 2.46. The molecule has 1 aliphatic heterocycles. The van der Waals surface area contributed by atoms with Gasteiger partial charge in [-0.25, -0.2) is 14.5 Å². The summed E-state index contributed by atoms with van der Waals surface area (Å²) in [6, 6.07) is 7.15. The molecule has 38 heavy (non-hydrogen) atoms. The third-order valence-corrected chi connectivity index (χ3v) is 7.57. The molecule has 206 valence electrons.